The zero-order chi connectivity index (χ0) is 12.9. The van der Waals surface area contributed by atoms with Crippen molar-refractivity contribution in [2.75, 3.05) is 4.90 Å². The number of morpholine rings is 1. The van der Waals surface area contributed by atoms with E-state index < -0.39 is 30.0 Å². The van der Waals surface area contributed by atoms with Crippen LogP contribution in [0, 0.1) is 0 Å². The number of nitrogens with zero attached hydrogens (tertiary/aromatic N) is 1. The van der Waals surface area contributed by atoms with E-state index in [4.69, 9.17) is 9.84 Å². The largest absolute Gasteiger partial charge is 0.478 e. The highest BCUT2D eigenvalue weighted by molar-refractivity contribution is 7.15. The first-order valence-corrected chi connectivity index (χ1v) is 6.31. The van der Waals surface area contributed by atoms with E-state index in [1.54, 1.807) is 5.38 Å². The minimum Gasteiger partial charge on any atom is -0.478 e. The lowest BCUT2D eigenvalue weighted by molar-refractivity contribution is -0.146. The first kappa shape index (κ1) is 11.4. The minimum absolute atomic E-state index is 0.0250. The molecule has 0 spiro atoms. The lowest BCUT2D eigenvalue weighted by Gasteiger charge is -2.29. The van der Waals surface area contributed by atoms with Crippen LogP contribution in [0.25, 0.3) is 0 Å². The third-order valence-corrected chi connectivity index (χ3v) is 3.99. The summed E-state index contributed by atoms with van der Waals surface area (Å²) in [6, 6.07) is 1.39. The lowest BCUT2D eigenvalue weighted by atomic mass is 10.2. The quantitative estimate of drug-likeness (QED) is 0.804. The number of carbonyl (C=O) groups is 3. The van der Waals surface area contributed by atoms with Gasteiger partial charge in [-0.2, -0.15) is 0 Å². The summed E-state index contributed by atoms with van der Waals surface area (Å²) in [7, 11) is 0. The van der Waals surface area contributed by atoms with Crippen molar-refractivity contribution in [2.45, 2.75) is 25.0 Å². The predicted molar refractivity (Wildman–Crippen MR) is 61.7 cm³/mol. The van der Waals surface area contributed by atoms with Crippen molar-refractivity contribution in [1.29, 1.82) is 0 Å². The van der Waals surface area contributed by atoms with Gasteiger partial charge in [-0.05, 0) is 24.3 Å². The highest BCUT2D eigenvalue weighted by Crippen LogP contribution is 2.36. The maximum Gasteiger partial charge on any atom is 0.338 e. The van der Waals surface area contributed by atoms with Gasteiger partial charge in [-0.15, -0.1) is 11.3 Å². The molecule has 1 aromatic heterocycles. The molecular formula is C11H9NO5S. The molecule has 2 saturated heterocycles. The monoisotopic (exact) mass is 267 g/mol. The number of carboxylic acids is 1. The Hall–Kier alpha value is -1.73. The summed E-state index contributed by atoms with van der Waals surface area (Å²) >= 11 is 1.07. The Balaban J connectivity index is 2.05. The van der Waals surface area contributed by atoms with Gasteiger partial charge in [0.05, 0.1) is 5.56 Å². The molecule has 2 atom stereocenters. The molecule has 18 heavy (non-hydrogen) atoms. The number of carbonyl (C=O) groups excluding carboxylic acids is 2. The van der Waals surface area contributed by atoms with Gasteiger partial charge in [0.2, 0.25) is 0 Å². The molecule has 2 unspecified atom stereocenters. The first-order valence-electron chi connectivity index (χ1n) is 5.43. The normalized spacial score (nSPS) is 26.8. The Morgan fingerprint density at radius 1 is 1.33 bits per heavy atom. The molecule has 2 bridgehead atoms. The highest BCUT2D eigenvalue weighted by Gasteiger charge is 2.48. The van der Waals surface area contributed by atoms with Gasteiger partial charge in [0.15, 0.2) is 0 Å². The SMILES string of the molecule is O=C(O)c1ccsc1N1C(=O)C2CCC(O2)C1=O. The van der Waals surface area contributed by atoms with Gasteiger partial charge >= 0.3 is 5.97 Å². The van der Waals surface area contributed by atoms with Crippen LogP contribution in [0.4, 0.5) is 5.00 Å². The van der Waals surface area contributed by atoms with Crippen LogP contribution in [0.15, 0.2) is 11.4 Å². The Kier molecular flexibility index (Phi) is 2.46. The van der Waals surface area contributed by atoms with Crippen molar-refractivity contribution in [2.24, 2.45) is 0 Å². The fraction of sp³-hybridized carbons (Fsp3) is 0.364. The van der Waals surface area contributed by atoms with Crippen LogP contribution in [0.2, 0.25) is 0 Å². The Labute approximate surface area is 106 Å². The molecular weight excluding hydrogens is 258 g/mol. The van der Waals surface area contributed by atoms with E-state index >= 15 is 0 Å². The number of aromatic carboxylic acids is 1. The van der Waals surface area contributed by atoms with Crippen LogP contribution >= 0.6 is 11.3 Å². The van der Waals surface area contributed by atoms with Crippen LogP contribution in [-0.4, -0.2) is 35.1 Å². The van der Waals surface area contributed by atoms with Crippen LogP contribution in [0.3, 0.4) is 0 Å². The van der Waals surface area contributed by atoms with E-state index in [0.29, 0.717) is 12.8 Å². The van der Waals surface area contributed by atoms with E-state index in [2.05, 4.69) is 0 Å². The molecule has 94 valence electrons. The van der Waals surface area contributed by atoms with Crippen molar-refractivity contribution in [1.82, 2.24) is 0 Å². The zero-order valence-electron chi connectivity index (χ0n) is 9.16. The summed E-state index contributed by atoms with van der Waals surface area (Å²) in [6.45, 7) is 0. The van der Waals surface area contributed by atoms with Gasteiger partial charge in [-0.3, -0.25) is 9.59 Å². The van der Waals surface area contributed by atoms with E-state index in [1.165, 1.54) is 6.07 Å². The summed E-state index contributed by atoms with van der Waals surface area (Å²) in [5.41, 5.74) is -0.0250. The minimum atomic E-state index is -1.15. The molecule has 1 aromatic rings. The van der Waals surface area contributed by atoms with Crippen molar-refractivity contribution in [3.63, 3.8) is 0 Å². The second-order valence-electron chi connectivity index (χ2n) is 4.15. The van der Waals surface area contributed by atoms with E-state index in [9.17, 15) is 14.4 Å². The number of imide groups is 1. The number of ether oxygens (including phenoxy) is 1. The first-order chi connectivity index (χ1) is 8.59. The molecule has 7 heteroatoms. The molecule has 1 N–H and O–H groups in total. The highest BCUT2D eigenvalue weighted by atomic mass is 32.1. The number of thiophene rings is 1. The molecule has 2 aliphatic heterocycles. The number of rotatable bonds is 2. The third kappa shape index (κ3) is 1.48. The second kappa shape index (κ2) is 3.89. The van der Waals surface area contributed by atoms with Gasteiger partial charge in [0, 0.05) is 0 Å². The fourth-order valence-electron chi connectivity index (χ4n) is 2.23. The fourth-order valence-corrected chi connectivity index (χ4v) is 3.14. The van der Waals surface area contributed by atoms with Gasteiger partial charge in [0.1, 0.15) is 17.2 Å². The van der Waals surface area contributed by atoms with Crippen molar-refractivity contribution in [3.8, 4) is 0 Å². The van der Waals surface area contributed by atoms with E-state index in [0.717, 1.165) is 16.2 Å². The van der Waals surface area contributed by atoms with Gasteiger partial charge in [-0.25, -0.2) is 9.69 Å². The van der Waals surface area contributed by atoms with Gasteiger partial charge < -0.3 is 9.84 Å². The lowest BCUT2D eigenvalue weighted by Crippen LogP contribution is -2.52. The Morgan fingerprint density at radius 3 is 2.50 bits per heavy atom. The topological polar surface area (TPSA) is 83.9 Å². The number of hydrogen-bond donors (Lipinski definition) is 1. The van der Waals surface area contributed by atoms with Crippen LogP contribution in [-0.2, 0) is 14.3 Å². The molecule has 6 nitrogen and oxygen atoms in total. The number of anilines is 1. The van der Waals surface area contributed by atoms with Crippen LogP contribution in [0.5, 0.6) is 0 Å². The van der Waals surface area contributed by atoms with Crippen LogP contribution in [0.1, 0.15) is 23.2 Å². The Bertz CT molecular complexity index is 529. The summed E-state index contributed by atoms with van der Waals surface area (Å²) in [6.07, 6.45) is -0.202. The van der Waals surface area contributed by atoms with Crippen molar-refractivity contribution in [3.05, 3.63) is 17.0 Å². The zero-order valence-corrected chi connectivity index (χ0v) is 9.98. The predicted octanol–water partition coefficient (Wildman–Crippen LogP) is 0.867. The molecule has 3 rings (SSSR count). The number of hydrogen-bond acceptors (Lipinski definition) is 5. The summed E-state index contributed by atoms with van der Waals surface area (Å²) < 4.78 is 5.27. The number of amides is 2. The van der Waals surface area contributed by atoms with Crippen molar-refractivity contribution < 1.29 is 24.2 Å². The molecule has 2 fully saturated rings. The number of fused-ring (bicyclic) bond motifs is 2. The maximum atomic E-state index is 12.1. The average molecular weight is 267 g/mol. The smallest absolute Gasteiger partial charge is 0.338 e. The molecule has 3 heterocycles. The molecule has 2 aliphatic rings. The third-order valence-electron chi connectivity index (χ3n) is 3.09. The molecule has 0 aromatic carbocycles. The molecule has 0 saturated carbocycles. The van der Waals surface area contributed by atoms with Gasteiger partial charge in [-0.1, -0.05) is 0 Å². The maximum absolute atomic E-state index is 12.1. The van der Waals surface area contributed by atoms with E-state index in [-0.39, 0.29) is 10.6 Å². The summed E-state index contributed by atoms with van der Waals surface area (Å²) in [4.78, 5) is 36.1. The van der Waals surface area contributed by atoms with Crippen LogP contribution < -0.4 is 4.90 Å². The molecule has 2 amide bonds. The Morgan fingerprint density at radius 2 is 1.94 bits per heavy atom. The summed E-state index contributed by atoms with van der Waals surface area (Å²) in [5.74, 6) is -2.07. The summed E-state index contributed by atoms with van der Waals surface area (Å²) in [5, 5.41) is 10.8. The van der Waals surface area contributed by atoms with Crippen molar-refractivity contribution >= 4 is 34.1 Å². The van der Waals surface area contributed by atoms with Gasteiger partial charge in [0.25, 0.3) is 11.8 Å². The molecule has 0 radical (unpaired) electrons. The number of carboxylic acid groups (broad SMARTS) is 1. The standard InChI is InChI=1S/C11H9NO5S/c13-8-6-1-2-7(17-6)9(14)12(8)10-5(11(15)16)3-4-18-10/h3-4,6-7H,1-2H2,(H,15,16). The second-order valence-corrected chi connectivity index (χ2v) is 5.04. The average Bonchev–Trinajstić information content (AvgIpc) is 2.95. The van der Waals surface area contributed by atoms with E-state index in [1.807, 2.05) is 0 Å². The molecule has 0 aliphatic carbocycles.